The lowest BCUT2D eigenvalue weighted by Gasteiger charge is -2.11. The fourth-order valence-electron chi connectivity index (χ4n) is 1.77. The maximum atomic E-state index is 5.55. The van der Waals surface area contributed by atoms with Crippen LogP contribution in [0.3, 0.4) is 0 Å². The van der Waals surface area contributed by atoms with Crippen molar-refractivity contribution in [2.24, 2.45) is 0 Å². The summed E-state index contributed by atoms with van der Waals surface area (Å²) < 4.78 is 14.8. The first-order chi connectivity index (χ1) is 8.74. The lowest BCUT2D eigenvalue weighted by molar-refractivity contribution is 0.351. The van der Waals surface area contributed by atoms with Crippen molar-refractivity contribution in [1.29, 1.82) is 0 Å². The molecule has 2 rings (SSSR count). The number of aromatic nitrogens is 2. The average Bonchev–Trinajstić information content (AvgIpc) is 2.81. The van der Waals surface area contributed by atoms with Gasteiger partial charge in [0, 0.05) is 18.0 Å². The third-order valence-corrected chi connectivity index (χ3v) is 3.17. The Labute approximate surface area is 110 Å². The van der Waals surface area contributed by atoms with Crippen molar-refractivity contribution in [3.05, 3.63) is 29.6 Å². The standard InChI is InChI=1S/C12H15N3O2S/c1-16-9-5-3-4-8(11(9)17-2)6-7-10-14-12(13)18-15-10/h3-5H,6-7H2,1-2H3,(H2,13,14,15). The maximum absolute atomic E-state index is 5.55. The fraction of sp³-hybridized carbons (Fsp3) is 0.333. The molecule has 0 spiro atoms. The van der Waals surface area contributed by atoms with Gasteiger partial charge in [0.2, 0.25) is 0 Å². The third-order valence-electron chi connectivity index (χ3n) is 2.59. The molecule has 0 atom stereocenters. The van der Waals surface area contributed by atoms with Gasteiger partial charge in [-0.25, -0.2) is 4.98 Å². The third kappa shape index (κ3) is 2.70. The minimum absolute atomic E-state index is 0.502. The molecule has 1 aromatic carbocycles. The molecule has 6 heteroatoms. The van der Waals surface area contributed by atoms with Gasteiger partial charge in [0.25, 0.3) is 0 Å². The predicted molar refractivity (Wildman–Crippen MR) is 71.3 cm³/mol. The molecule has 0 aliphatic carbocycles. The van der Waals surface area contributed by atoms with Crippen molar-refractivity contribution in [2.75, 3.05) is 20.0 Å². The first kappa shape index (κ1) is 12.6. The molecule has 0 amide bonds. The summed E-state index contributed by atoms with van der Waals surface area (Å²) in [4.78, 5) is 4.14. The second-order valence-corrected chi connectivity index (χ2v) is 4.48. The number of nitrogens with two attached hydrogens (primary N) is 1. The molecule has 0 unspecified atom stereocenters. The number of nitrogens with zero attached hydrogens (tertiary/aromatic N) is 2. The van der Waals surface area contributed by atoms with E-state index in [0.717, 1.165) is 35.7 Å². The van der Waals surface area contributed by atoms with E-state index in [0.29, 0.717) is 5.13 Å². The van der Waals surface area contributed by atoms with Crippen molar-refractivity contribution in [1.82, 2.24) is 9.36 Å². The highest BCUT2D eigenvalue weighted by Gasteiger charge is 2.10. The van der Waals surface area contributed by atoms with Crippen LogP contribution in [0.1, 0.15) is 11.4 Å². The molecule has 0 radical (unpaired) electrons. The highest BCUT2D eigenvalue weighted by atomic mass is 32.1. The zero-order chi connectivity index (χ0) is 13.0. The molecule has 0 bridgehead atoms. The Balaban J connectivity index is 2.13. The van der Waals surface area contributed by atoms with E-state index in [4.69, 9.17) is 15.2 Å². The molecular formula is C12H15N3O2S. The number of benzene rings is 1. The van der Waals surface area contributed by atoms with E-state index in [-0.39, 0.29) is 0 Å². The van der Waals surface area contributed by atoms with E-state index in [1.807, 2.05) is 18.2 Å². The van der Waals surface area contributed by atoms with Crippen LogP contribution in [-0.4, -0.2) is 23.6 Å². The van der Waals surface area contributed by atoms with Gasteiger partial charge in [0.05, 0.1) is 14.2 Å². The number of para-hydroxylation sites is 1. The maximum Gasteiger partial charge on any atom is 0.199 e. The van der Waals surface area contributed by atoms with Gasteiger partial charge < -0.3 is 15.2 Å². The molecule has 18 heavy (non-hydrogen) atoms. The average molecular weight is 265 g/mol. The van der Waals surface area contributed by atoms with Crippen molar-refractivity contribution in [3.8, 4) is 11.5 Å². The van der Waals surface area contributed by atoms with Gasteiger partial charge in [-0.1, -0.05) is 12.1 Å². The smallest absolute Gasteiger partial charge is 0.199 e. The van der Waals surface area contributed by atoms with Gasteiger partial charge in [-0.15, -0.1) is 0 Å². The summed E-state index contributed by atoms with van der Waals surface area (Å²) >= 11 is 1.22. The minimum atomic E-state index is 0.502. The van der Waals surface area contributed by atoms with E-state index < -0.39 is 0 Å². The lowest BCUT2D eigenvalue weighted by Crippen LogP contribution is -1.99. The van der Waals surface area contributed by atoms with Gasteiger partial charge in [-0.05, 0) is 18.1 Å². The summed E-state index contributed by atoms with van der Waals surface area (Å²) in [7, 11) is 3.27. The molecule has 0 aliphatic heterocycles. The molecule has 2 aromatic rings. The minimum Gasteiger partial charge on any atom is -0.493 e. The Kier molecular flexibility index (Phi) is 3.99. The Hall–Kier alpha value is -1.82. The summed E-state index contributed by atoms with van der Waals surface area (Å²) in [6, 6.07) is 5.83. The zero-order valence-electron chi connectivity index (χ0n) is 10.3. The molecule has 0 aliphatic rings. The van der Waals surface area contributed by atoms with Gasteiger partial charge in [-0.2, -0.15) is 4.37 Å². The second-order valence-electron chi connectivity index (χ2n) is 3.70. The van der Waals surface area contributed by atoms with Crippen LogP contribution in [0.25, 0.3) is 0 Å². The summed E-state index contributed by atoms with van der Waals surface area (Å²) in [5, 5.41) is 0.502. The van der Waals surface area contributed by atoms with Gasteiger partial charge in [-0.3, -0.25) is 0 Å². The molecule has 2 N–H and O–H groups in total. The summed E-state index contributed by atoms with van der Waals surface area (Å²) in [6.07, 6.45) is 1.52. The van der Waals surface area contributed by atoms with E-state index in [9.17, 15) is 0 Å². The van der Waals surface area contributed by atoms with Crippen molar-refractivity contribution < 1.29 is 9.47 Å². The van der Waals surface area contributed by atoms with Gasteiger partial charge >= 0.3 is 0 Å². The quantitative estimate of drug-likeness (QED) is 0.894. The Morgan fingerprint density at radius 2 is 2.06 bits per heavy atom. The zero-order valence-corrected chi connectivity index (χ0v) is 11.2. The van der Waals surface area contributed by atoms with Crippen molar-refractivity contribution in [2.45, 2.75) is 12.8 Å². The van der Waals surface area contributed by atoms with Crippen LogP contribution in [0, 0.1) is 0 Å². The van der Waals surface area contributed by atoms with Crippen LogP contribution < -0.4 is 15.2 Å². The number of methoxy groups -OCH3 is 2. The van der Waals surface area contributed by atoms with Crippen LogP contribution in [-0.2, 0) is 12.8 Å². The summed E-state index contributed by atoms with van der Waals surface area (Å²) in [5.41, 5.74) is 6.62. The molecule has 1 heterocycles. The van der Waals surface area contributed by atoms with Crippen LogP contribution >= 0.6 is 11.5 Å². The van der Waals surface area contributed by atoms with Crippen LogP contribution in [0.4, 0.5) is 5.13 Å². The SMILES string of the molecule is COc1cccc(CCc2nsc(N)n2)c1OC. The molecule has 5 nitrogen and oxygen atoms in total. The second kappa shape index (κ2) is 5.68. The van der Waals surface area contributed by atoms with E-state index in [1.54, 1.807) is 14.2 Å². The van der Waals surface area contributed by atoms with Crippen LogP contribution in [0.2, 0.25) is 0 Å². The number of nitrogen functional groups attached to an aromatic ring is 1. The number of rotatable bonds is 5. The largest absolute Gasteiger partial charge is 0.493 e. The Morgan fingerprint density at radius 1 is 1.22 bits per heavy atom. The highest BCUT2D eigenvalue weighted by Crippen LogP contribution is 2.31. The molecule has 1 aromatic heterocycles. The molecule has 0 fully saturated rings. The number of ether oxygens (including phenoxy) is 2. The first-order valence-corrected chi connectivity index (χ1v) is 6.30. The Bertz CT molecular complexity index is 528. The molecule has 0 saturated heterocycles. The van der Waals surface area contributed by atoms with E-state index >= 15 is 0 Å². The van der Waals surface area contributed by atoms with E-state index in [2.05, 4.69) is 9.36 Å². The van der Waals surface area contributed by atoms with Gasteiger partial charge in [0.15, 0.2) is 16.6 Å². The number of aryl methyl sites for hydroxylation is 2. The lowest BCUT2D eigenvalue weighted by atomic mass is 10.1. The molecule has 0 saturated carbocycles. The topological polar surface area (TPSA) is 70.3 Å². The fourth-order valence-corrected chi connectivity index (χ4v) is 2.24. The number of hydrogen-bond acceptors (Lipinski definition) is 6. The molecular weight excluding hydrogens is 250 g/mol. The molecule has 96 valence electrons. The predicted octanol–water partition coefficient (Wildman–Crippen LogP) is 1.92. The van der Waals surface area contributed by atoms with Crippen LogP contribution in [0.5, 0.6) is 11.5 Å². The van der Waals surface area contributed by atoms with Crippen molar-refractivity contribution in [3.63, 3.8) is 0 Å². The highest BCUT2D eigenvalue weighted by molar-refractivity contribution is 7.09. The number of anilines is 1. The Morgan fingerprint density at radius 3 is 2.67 bits per heavy atom. The van der Waals surface area contributed by atoms with Crippen LogP contribution in [0.15, 0.2) is 18.2 Å². The van der Waals surface area contributed by atoms with Gasteiger partial charge in [0.1, 0.15) is 5.82 Å². The summed E-state index contributed by atoms with van der Waals surface area (Å²) in [5.74, 6) is 2.27. The van der Waals surface area contributed by atoms with E-state index in [1.165, 1.54) is 11.5 Å². The van der Waals surface area contributed by atoms with Crippen molar-refractivity contribution >= 4 is 16.7 Å². The monoisotopic (exact) mass is 265 g/mol. The summed E-state index contributed by atoms with van der Waals surface area (Å²) in [6.45, 7) is 0. The normalized spacial score (nSPS) is 10.3. The number of hydrogen-bond donors (Lipinski definition) is 1. The first-order valence-electron chi connectivity index (χ1n) is 5.52.